The summed E-state index contributed by atoms with van der Waals surface area (Å²) in [5, 5.41) is 15.5. The predicted molar refractivity (Wildman–Crippen MR) is 192 cm³/mol. The van der Waals surface area contributed by atoms with Crippen LogP contribution < -0.4 is 10.2 Å². The van der Waals surface area contributed by atoms with Gasteiger partial charge in [0.15, 0.2) is 5.82 Å². The second-order valence-electron chi connectivity index (χ2n) is 13.6. The number of pyridine rings is 2. The second-order valence-corrected chi connectivity index (χ2v) is 14.4. The number of halogens is 3. The molecule has 0 radical (unpaired) electrons. The summed E-state index contributed by atoms with van der Waals surface area (Å²) in [6.07, 6.45) is 4.21. The summed E-state index contributed by atoms with van der Waals surface area (Å²) in [4.78, 5) is 27.2. The van der Waals surface area contributed by atoms with Gasteiger partial charge in [-0.05, 0) is 81.8 Å². The molecule has 3 aliphatic heterocycles. The molecular formula is C38H36Cl2FN7O. The molecule has 2 aromatic carbocycles. The average Bonchev–Trinajstić information content (AvgIpc) is 3.83. The lowest BCUT2D eigenvalue weighted by Crippen LogP contribution is -2.51. The number of aromatic nitrogens is 3. The number of hydrogen-bond acceptors (Lipinski definition) is 5. The van der Waals surface area contributed by atoms with Crippen molar-refractivity contribution < 1.29 is 9.18 Å². The van der Waals surface area contributed by atoms with E-state index in [0.29, 0.717) is 58.2 Å². The summed E-state index contributed by atoms with van der Waals surface area (Å²) in [5.41, 5.74) is 6.07. The summed E-state index contributed by atoms with van der Waals surface area (Å²) in [6, 6.07) is 15.6. The van der Waals surface area contributed by atoms with Gasteiger partial charge in [0, 0.05) is 83.0 Å². The zero-order valence-electron chi connectivity index (χ0n) is 27.6. The van der Waals surface area contributed by atoms with E-state index in [9.17, 15) is 10.1 Å². The molecule has 250 valence electrons. The van der Waals surface area contributed by atoms with Crippen molar-refractivity contribution >= 4 is 56.7 Å². The Balaban J connectivity index is 1.34. The number of urea groups is 1. The quantitative estimate of drug-likeness (QED) is 0.184. The number of rotatable bonds is 7. The molecule has 4 unspecified atom stereocenters. The zero-order chi connectivity index (χ0) is 34.1. The van der Waals surface area contributed by atoms with Gasteiger partial charge < -0.3 is 14.8 Å². The van der Waals surface area contributed by atoms with Crippen LogP contribution in [0.15, 0.2) is 48.7 Å². The van der Waals surface area contributed by atoms with Crippen LogP contribution >= 0.6 is 23.2 Å². The lowest BCUT2D eigenvalue weighted by molar-refractivity contribution is 0.165. The van der Waals surface area contributed by atoms with Gasteiger partial charge in [-0.25, -0.2) is 14.2 Å². The van der Waals surface area contributed by atoms with Crippen molar-refractivity contribution in [3.8, 4) is 17.2 Å². The molecule has 4 fully saturated rings. The van der Waals surface area contributed by atoms with Crippen LogP contribution in [-0.4, -0.2) is 51.1 Å². The highest BCUT2D eigenvalue weighted by Gasteiger charge is 2.49. The van der Waals surface area contributed by atoms with Crippen LogP contribution in [-0.2, 0) is 6.42 Å². The minimum Gasteiger partial charge on any atom is -0.337 e. The second kappa shape index (κ2) is 12.3. The van der Waals surface area contributed by atoms with E-state index in [1.807, 2.05) is 41.8 Å². The van der Waals surface area contributed by atoms with Gasteiger partial charge in [0.05, 0.1) is 33.7 Å². The van der Waals surface area contributed by atoms with Gasteiger partial charge in [0.2, 0.25) is 0 Å². The maximum absolute atomic E-state index is 17.1. The molecule has 4 aliphatic rings. The Kier molecular flexibility index (Phi) is 8.02. The van der Waals surface area contributed by atoms with E-state index >= 15 is 4.39 Å². The number of hydrogen-bond donors (Lipinski definition) is 1. The SMILES string of the molecule is Cc1cc(N2CCCN(C(C)c3cc4c(C)nc5c(F)c(-c6cccc(Cl)c6Cl)c(CCC#N)cc5c4n3C3C4CNC3C4)C2=O)ccn1. The van der Waals surface area contributed by atoms with E-state index in [2.05, 4.69) is 33.9 Å². The number of nitriles is 1. The van der Waals surface area contributed by atoms with Crippen LogP contribution in [0, 0.1) is 36.9 Å². The van der Waals surface area contributed by atoms with Crippen molar-refractivity contribution in [3.63, 3.8) is 0 Å². The molecule has 1 aliphatic carbocycles. The fraction of sp³-hybridized carbons (Fsp3) is 0.368. The first kappa shape index (κ1) is 32.0. The molecule has 3 saturated heterocycles. The standard InChI is InChI=1S/C38H36Cl2FN7O/c1-20-15-25(10-12-43-20)47-14-6-13-46(38(47)49)22(3)31-18-27-21(2)45-35-28(37(27)48(31)36-24-17-30(36)44-19-24)16-23(7-5-11-42)32(34(35)41)26-8-4-9-29(39)33(26)40/h4,8-10,12,15-16,18,22,24,30,36,44H,5-7,13-14,17,19H2,1-3H3. The number of amides is 2. The van der Waals surface area contributed by atoms with Crippen molar-refractivity contribution in [3.05, 3.63) is 87.2 Å². The Morgan fingerprint density at radius 2 is 1.98 bits per heavy atom. The zero-order valence-corrected chi connectivity index (χ0v) is 29.1. The maximum Gasteiger partial charge on any atom is 0.325 e. The summed E-state index contributed by atoms with van der Waals surface area (Å²) < 4.78 is 19.5. The largest absolute Gasteiger partial charge is 0.337 e. The Morgan fingerprint density at radius 1 is 1.14 bits per heavy atom. The Morgan fingerprint density at radius 3 is 2.71 bits per heavy atom. The van der Waals surface area contributed by atoms with E-state index in [1.165, 1.54) is 0 Å². The Bertz CT molecular complexity index is 2200. The van der Waals surface area contributed by atoms with Gasteiger partial charge in [-0.3, -0.25) is 9.88 Å². The lowest BCUT2D eigenvalue weighted by atomic mass is 9.79. The number of anilines is 1. The number of aryl methyl sites for hydroxylation is 3. The third-order valence-corrected chi connectivity index (χ3v) is 11.6. The first-order chi connectivity index (χ1) is 23.7. The number of carbonyl (C=O) groups is 1. The molecular weight excluding hydrogens is 660 g/mol. The number of nitrogens with one attached hydrogen (secondary N) is 1. The van der Waals surface area contributed by atoms with Crippen LogP contribution in [0.3, 0.4) is 0 Å². The normalized spacial score (nSPS) is 21.0. The Hall–Kier alpha value is -4.23. The van der Waals surface area contributed by atoms with Gasteiger partial charge in [-0.15, -0.1) is 0 Å². The molecule has 3 aromatic heterocycles. The molecule has 6 heterocycles. The number of benzene rings is 2. The van der Waals surface area contributed by atoms with Crippen molar-refractivity contribution in [2.75, 3.05) is 24.5 Å². The van der Waals surface area contributed by atoms with Crippen molar-refractivity contribution in [2.45, 2.75) is 64.6 Å². The Labute approximate surface area is 294 Å². The molecule has 1 saturated carbocycles. The molecule has 2 amide bonds. The fourth-order valence-electron chi connectivity index (χ4n) is 8.37. The van der Waals surface area contributed by atoms with Gasteiger partial charge in [-0.1, -0.05) is 35.3 Å². The number of fused-ring (bicyclic) bond motifs is 4. The van der Waals surface area contributed by atoms with Gasteiger partial charge in [-0.2, -0.15) is 5.26 Å². The molecule has 11 heteroatoms. The highest BCUT2D eigenvalue weighted by Crippen LogP contribution is 2.50. The lowest BCUT2D eigenvalue weighted by Gasteiger charge is -2.42. The summed E-state index contributed by atoms with van der Waals surface area (Å²) in [5.74, 6) is -0.0537. The third-order valence-electron chi connectivity index (χ3n) is 10.8. The monoisotopic (exact) mass is 695 g/mol. The molecule has 1 N–H and O–H groups in total. The van der Waals surface area contributed by atoms with Gasteiger partial charge in [0.1, 0.15) is 5.52 Å². The van der Waals surface area contributed by atoms with E-state index in [4.69, 9.17) is 28.2 Å². The summed E-state index contributed by atoms with van der Waals surface area (Å²) in [6.45, 7) is 8.14. The average molecular weight is 697 g/mol. The van der Waals surface area contributed by atoms with Crippen LogP contribution in [0.2, 0.25) is 10.0 Å². The number of nitrogens with zero attached hydrogens (tertiary/aromatic N) is 6. The molecule has 5 aromatic rings. The van der Waals surface area contributed by atoms with E-state index < -0.39 is 5.82 Å². The van der Waals surface area contributed by atoms with Gasteiger partial charge >= 0.3 is 6.03 Å². The molecule has 4 atom stereocenters. The van der Waals surface area contributed by atoms with Crippen molar-refractivity contribution in [1.29, 1.82) is 5.26 Å². The molecule has 8 nitrogen and oxygen atoms in total. The molecule has 9 rings (SSSR count). The topological polar surface area (TPSA) is 90.1 Å². The number of carbonyl (C=O) groups excluding carboxylic acids is 1. The summed E-state index contributed by atoms with van der Waals surface area (Å²) in [7, 11) is 0. The highest BCUT2D eigenvalue weighted by molar-refractivity contribution is 6.43. The van der Waals surface area contributed by atoms with Crippen molar-refractivity contribution in [1.82, 2.24) is 24.8 Å². The van der Waals surface area contributed by atoms with Crippen LogP contribution in [0.1, 0.15) is 60.9 Å². The van der Waals surface area contributed by atoms with Crippen molar-refractivity contribution in [2.24, 2.45) is 5.92 Å². The molecule has 2 bridgehead atoms. The highest BCUT2D eigenvalue weighted by atomic mass is 35.5. The third kappa shape index (κ3) is 5.07. The molecule has 0 spiro atoms. The van der Waals surface area contributed by atoms with E-state index in [1.54, 1.807) is 24.4 Å². The summed E-state index contributed by atoms with van der Waals surface area (Å²) >= 11 is 13.1. The van der Waals surface area contributed by atoms with Crippen LogP contribution in [0.5, 0.6) is 0 Å². The van der Waals surface area contributed by atoms with Crippen LogP contribution in [0.4, 0.5) is 14.9 Å². The first-order valence-corrected chi connectivity index (χ1v) is 17.7. The van der Waals surface area contributed by atoms with Gasteiger partial charge in [0.25, 0.3) is 0 Å². The maximum atomic E-state index is 17.1. The smallest absolute Gasteiger partial charge is 0.325 e. The minimum absolute atomic E-state index is 0.0385. The first-order valence-electron chi connectivity index (χ1n) is 16.9. The van der Waals surface area contributed by atoms with Crippen LogP contribution in [0.25, 0.3) is 32.9 Å². The predicted octanol–water partition coefficient (Wildman–Crippen LogP) is 8.70. The van der Waals surface area contributed by atoms with E-state index in [0.717, 1.165) is 47.4 Å². The fourth-order valence-corrected chi connectivity index (χ4v) is 8.76. The van der Waals surface area contributed by atoms with E-state index in [-0.39, 0.29) is 41.1 Å². The molecule has 49 heavy (non-hydrogen) atoms. The minimum atomic E-state index is -0.480.